The van der Waals surface area contributed by atoms with Crippen molar-refractivity contribution in [3.63, 3.8) is 0 Å². The summed E-state index contributed by atoms with van der Waals surface area (Å²) in [6, 6.07) is 24.5. The molecule has 146 valence electrons. The van der Waals surface area contributed by atoms with Crippen LogP contribution in [0.5, 0.6) is 5.75 Å². The van der Waals surface area contributed by atoms with Crippen molar-refractivity contribution in [1.82, 2.24) is 9.97 Å². The van der Waals surface area contributed by atoms with Crippen LogP contribution in [0, 0.1) is 20.8 Å². The SMILES string of the molecule is Cc1ccc2cccc(-c3ccc(O)c(C)c3-c3cccc4ccc(C)nc34)c2n1. The average molecular weight is 390 g/mol. The number of phenols is 1. The number of aromatic nitrogens is 2. The minimum Gasteiger partial charge on any atom is -0.508 e. The molecular formula is C27H22N2O. The summed E-state index contributed by atoms with van der Waals surface area (Å²) >= 11 is 0. The second-order valence-corrected chi connectivity index (χ2v) is 7.79. The standard InChI is InChI=1S/C27H22N2O/c1-16-10-12-19-6-4-8-22(26(19)28-16)21-14-15-24(30)18(3)25(21)23-9-5-7-20-13-11-17(2)29-27(20)23/h4-15,30H,1-3H3. The second-order valence-electron chi connectivity index (χ2n) is 7.79. The van der Waals surface area contributed by atoms with E-state index < -0.39 is 0 Å². The molecule has 0 saturated heterocycles. The van der Waals surface area contributed by atoms with Gasteiger partial charge in [-0.25, -0.2) is 0 Å². The quantitative estimate of drug-likeness (QED) is 0.363. The number of benzene rings is 3. The lowest BCUT2D eigenvalue weighted by Crippen LogP contribution is -1.95. The number of phenolic OH excluding ortho intramolecular Hbond substituents is 1. The maximum absolute atomic E-state index is 10.6. The normalized spacial score (nSPS) is 11.3. The molecular weight excluding hydrogens is 368 g/mol. The van der Waals surface area contributed by atoms with E-state index in [9.17, 15) is 5.11 Å². The number of hydrogen-bond donors (Lipinski definition) is 1. The van der Waals surface area contributed by atoms with Gasteiger partial charge in [-0.3, -0.25) is 9.97 Å². The first-order valence-electron chi connectivity index (χ1n) is 10.1. The summed E-state index contributed by atoms with van der Waals surface area (Å²) in [4.78, 5) is 9.67. The maximum atomic E-state index is 10.6. The molecule has 0 fully saturated rings. The first-order valence-corrected chi connectivity index (χ1v) is 10.1. The van der Waals surface area contributed by atoms with Gasteiger partial charge in [0.1, 0.15) is 5.75 Å². The Kier molecular flexibility index (Phi) is 4.25. The summed E-state index contributed by atoms with van der Waals surface area (Å²) in [7, 11) is 0. The Morgan fingerprint density at radius 1 is 0.567 bits per heavy atom. The summed E-state index contributed by atoms with van der Waals surface area (Å²) in [6.45, 7) is 5.98. The lowest BCUT2D eigenvalue weighted by Gasteiger charge is -2.17. The molecule has 5 aromatic rings. The fraction of sp³-hybridized carbons (Fsp3) is 0.111. The first kappa shape index (κ1) is 18.3. The van der Waals surface area contributed by atoms with E-state index in [0.717, 1.165) is 61.0 Å². The zero-order valence-electron chi connectivity index (χ0n) is 17.3. The summed E-state index contributed by atoms with van der Waals surface area (Å²) in [5.74, 6) is 0.280. The number of pyridine rings is 2. The predicted octanol–water partition coefficient (Wildman–Crippen LogP) is 6.75. The van der Waals surface area contributed by atoms with E-state index in [1.54, 1.807) is 6.07 Å². The Labute approximate surface area is 175 Å². The fourth-order valence-electron chi connectivity index (χ4n) is 4.18. The third kappa shape index (κ3) is 2.91. The Bertz CT molecular complexity index is 1440. The summed E-state index contributed by atoms with van der Waals surface area (Å²) < 4.78 is 0. The van der Waals surface area contributed by atoms with E-state index in [-0.39, 0.29) is 5.75 Å². The fourth-order valence-corrected chi connectivity index (χ4v) is 4.18. The Hall–Kier alpha value is -3.72. The molecule has 0 aliphatic heterocycles. The van der Waals surface area contributed by atoms with Crippen LogP contribution in [0.1, 0.15) is 17.0 Å². The van der Waals surface area contributed by atoms with Gasteiger partial charge in [0, 0.05) is 33.3 Å². The highest BCUT2D eigenvalue weighted by atomic mass is 16.3. The number of rotatable bonds is 2. The van der Waals surface area contributed by atoms with Gasteiger partial charge < -0.3 is 5.11 Å². The zero-order chi connectivity index (χ0) is 20.8. The van der Waals surface area contributed by atoms with Crippen LogP contribution < -0.4 is 0 Å². The van der Waals surface area contributed by atoms with Gasteiger partial charge in [-0.1, -0.05) is 48.5 Å². The molecule has 3 heteroatoms. The second kappa shape index (κ2) is 6.96. The van der Waals surface area contributed by atoms with Crippen LogP contribution in [0.3, 0.4) is 0 Å². The number of aryl methyl sites for hydroxylation is 2. The molecule has 0 saturated carbocycles. The molecule has 30 heavy (non-hydrogen) atoms. The molecule has 5 rings (SSSR count). The van der Waals surface area contributed by atoms with E-state index in [1.807, 2.05) is 45.0 Å². The van der Waals surface area contributed by atoms with Crippen molar-refractivity contribution >= 4 is 21.8 Å². The van der Waals surface area contributed by atoms with Crippen molar-refractivity contribution in [2.45, 2.75) is 20.8 Å². The van der Waals surface area contributed by atoms with E-state index in [1.165, 1.54) is 0 Å². The van der Waals surface area contributed by atoms with Crippen LogP contribution in [0.2, 0.25) is 0 Å². The molecule has 0 unspecified atom stereocenters. The molecule has 0 spiro atoms. The molecule has 0 aliphatic rings. The molecule has 0 radical (unpaired) electrons. The van der Waals surface area contributed by atoms with Crippen LogP contribution in [0.15, 0.2) is 72.8 Å². The van der Waals surface area contributed by atoms with Crippen LogP contribution in [-0.2, 0) is 0 Å². The maximum Gasteiger partial charge on any atom is 0.119 e. The molecule has 0 bridgehead atoms. The van der Waals surface area contributed by atoms with Gasteiger partial charge in [0.05, 0.1) is 11.0 Å². The van der Waals surface area contributed by atoms with Gasteiger partial charge in [-0.15, -0.1) is 0 Å². The Morgan fingerprint density at radius 3 is 1.77 bits per heavy atom. The highest BCUT2D eigenvalue weighted by Crippen LogP contribution is 2.42. The molecule has 0 atom stereocenters. The lowest BCUT2D eigenvalue weighted by molar-refractivity contribution is 0.471. The minimum atomic E-state index is 0.280. The molecule has 2 aromatic heterocycles. The molecule has 3 aromatic carbocycles. The van der Waals surface area contributed by atoms with Crippen molar-refractivity contribution in [3.8, 4) is 28.0 Å². The smallest absolute Gasteiger partial charge is 0.119 e. The van der Waals surface area contributed by atoms with Crippen LogP contribution in [0.4, 0.5) is 0 Å². The van der Waals surface area contributed by atoms with Crippen molar-refractivity contribution in [2.24, 2.45) is 0 Å². The van der Waals surface area contributed by atoms with E-state index >= 15 is 0 Å². The van der Waals surface area contributed by atoms with Gasteiger partial charge in [-0.05, 0) is 61.7 Å². The largest absolute Gasteiger partial charge is 0.508 e. The van der Waals surface area contributed by atoms with E-state index in [2.05, 4.69) is 42.5 Å². The molecule has 0 amide bonds. The topological polar surface area (TPSA) is 46.0 Å². The summed E-state index contributed by atoms with van der Waals surface area (Å²) in [6.07, 6.45) is 0. The summed E-state index contributed by atoms with van der Waals surface area (Å²) in [5.41, 5.74) is 8.81. The van der Waals surface area contributed by atoms with Crippen molar-refractivity contribution < 1.29 is 5.11 Å². The van der Waals surface area contributed by atoms with Gasteiger partial charge in [0.25, 0.3) is 0 Å². The molecule has 2 heterocycles. The average Bonchev–Trinajstić information content (AvgIpc) is 2.75. The van der Waals surface area contributed by atoms with Gasteiger partial charge in [0.2, 0.25) is 0 Å². The number of nitrogens with zero attached hydrogens (tertiary/aromatic N) is 2. The Morgan fingerprint density at radius 2 is 1.13 bits per heavy atom. The van der Waals surface area contributed by atoms with Gasteiger partial charge >= 0.3 is 0 Å². The molecule has 0 aliphatic carbocycles. The van der Waals surface area contributed by atoms with E-state index in [0.29, 0.717) is 0 Å². The monoisotopic (exact) mass is 390 g/mol. The first-order chi connectivity index (χ1) is 14.5. The highest BCUT2D eigenvalue weighted by molar-refractivity contribution is 6.04. The van der Waals surface area contributed by atoms with Crippen LogP contribution in [0.25, 0.3) is 44.1 Å². The van der Waals surface area contributed by atoms with Crippen molar-refractivity contribution in [1.29, 1.82) is 0 Å². The van der Waals surface area contributed by atoms with Crippen molar-refractivity contribution in [2.75, 3.05) is 0 Å². The lowest BCUT2D eigenvalue weighted by atomic mass is 9.88. The number of fused-ring (bicyclic) bond motifs is 2. The third-order valence-electron chi connectivity index (χ3n) is 5.71. The number of para-hydroxylation sites is 2. The highest BCUT2D eigenvalue weighted by Gasteiger charge is 2.18. The minimum absolute atomic E-state index is 0.280. The van der Waals surface area contributed by atoms with Gasteiger partial charge in [-0.2, -0.15) is 0 Å². The summed E-state index contributed by atoms with van der Waals surface area (Å²) in [5, 5.41) is 12.8. The number of aromatic hydroxyl groups is 1. The van der Waals surface area contributed by atoms with Gasteiger partial charge in [0.15, 0.2) is 0 Å². The predicted molar refractivity (Wildman–Crippen MR) is 124 cm³/mol. The number of hydrogen-bond acceptors (Lipinski definition) is 3. The third-order valence-corrected chi connectivity index (χ3v) is 5.71. The van der Waals surface area contributed by atoms with E-state index in [4.69, 9.17) is 9.97 Å². The van der Waals surface area contributed by atoms with Crippen LogP contribution in [-0.4, -0.2) is 15.1 Å². The molecule has 1 N–H and O–H groups in total. The van der Waals surface area contributed by atoms with Crippen LogP contribution >= 0.6 is 0 Å². The molecule has 3 nitrogen and oxygen atoms in total. The zero-order valence-corrected chi connectivity index (χ0v) is 17.3. The Balaban J connectivity index is 1.90. The van der Waals surface area contributed by atoms with Crippen molar-refractivity contribution in [3.05, 3.63) is 89.7 Å².